The van der Waals surface area contributed by atoms with Crippen molar-refractivity contribution < 1.29 is 19.4 Å². The number of thiol groups is 1. The quantitative estimate of drug-likeness (QED) is 0.198. The molecule has 24 heavy (non-hydrogen) atoms. The molecule has 0 aromatic carbocycles. The van der Waals surface area contributed by atoms with Gasteiger partial charge in [0.1, 0.15) is 17.6 Å². The van der Waals surface area contributed by atoms with Gasteiger partial charge in [-0.05, 0) is 18.6 Å². The number of hydrogen-bond donors (Lipinski definition) is 4. The van der Waals surface area contributed by atoms with Crippen LogP contribution in [0.1, 0.15) is 51.9 Å². The highest BCUT2D eigenvalue weighted by molar-refractivity contribution is 7.80. The van der Waals surface area contributed by atoms with Gasteiger partial charge in [0.2, 0.25) is 5.91 Å². The lowest BCUT2D eigenvalue weighted by Crippen LogP contribution is -2.47. The first kappa shape index (κ1) is 23.1. The average Bonchev–Trinajstić information content (AvgIpc) is 2.53. The summed E-state index contributed by atoms with van der Waals surface area (Å²) in [6.07, 6.45) is 7.56. The van der Waals surface area contributed by atoms with Gasteiger partial charge < -0.3 is 20.5 Å². The Morgan fingerprint density at radius 2 is 1.83 bits per heavy atom. The third-order valence-corrected chi connectivity index (χ3v) is 3.85. The predicted octanol–water partition coefficient (Wildman–Crippen LogP) is 2.17. The molecular weight excluding hydrogens is 348 g/mol. The molecule has 140 valence electrons. The summed E-state index contributed by atoms with van der Waals surface area (Å²) < 4.78 is 4.91. The number of carbonyl (C=O) groups excluding carboxylic acids is 1. The zero-order chi connectivity index (χ0) is 18.2. The first-order valence-electron chi connectivity index (χ1n) is 8.48. The zero-order valence-electron chi connectivity index (χ0n) is 14.4. The number of aliphatic carboxylic acids is 1. The van der Waals surface area contributed by atoms with Crippen LogP contribution in [0.15, 0.2) is 0 Å². The molecule has 0 bridgehead atoms. The van der Waals surface area contributed by atoms with Crippen molar-refractivity contribution in [3.05, 3.63) is 0 Å². The molecule has 1 amide bonds. The summed E-state index contributed by atoms with van der Waals surface area (Å²) in [6.45, 7) is 2.41. The Labute approximate surface area is 155 Å². The summed E-state index contributed by atoms with van der Waals surface area (Å²) in [6, 6.07) is -0.469. The van der Waals surface area contributed by atoms with Crippen molar-refractivity contribution in [1.82, 2.24) is 10.6 Å². The summed E-state index contributed by atoms with van der Waals surface area (Å²) in [5.74, 6) is -0.625. The van der Waals surface area contributed by atoms with E-state index in [-0.39, 0.29) is 12.5 Å². The molecule has 1 atom stereocenters. The molecule has 0 spiro atoms. The van der Waals surface area contributed by atoms with Gasteiger partial charge in [0.25, 0.3) is 0 Å². The lowest BCUT2D eigenvalue weighted by molar-refractivity contribution is -0.141. The minimum Gasteiger partial charge on any atom is -0.480 e. The SMILES string of the molecule is CCCCCCCCNC(=O)C(CCS)NC(=S)COCC(=O)O. The lowest BCUT2D eigenvalue weighted by Gasteiger charge is -2.19. The van der Waals surface area contributed by atoms with E-state index in [0.29, 0.717) is 23.7 Å². The lowest BCUT2D eigenvalue weighted by atomic mass is 10.1. The van der Waals surface area contributed by atoms with E-state index in [1.165, 1.54) is 25.7 Å². The Morgan fingerprint density at radius 3 is 2.46 bits per heavy atom. The molecule has 0 aliphatic rings. The molecule has 0 heterocycles. The van der Waals surface area contributed by atoms with Crippen LogP contribution in [-0.2, 0) is 14.3 Å². The van der Waals surface area contributed by atoms with E-state index in [4.69, 9.17) is 22.1 Å². The monoisotopic (exact) mass is 378 g/mol. The third kappa shape index (κ3) is 13.6. The molecule has 0 rings (SSSR count). The van der Waals surface area contributed by atoms with E-state index in [2.05, 4.69) is 30.2 Å². The first-order valence-corrected chi connectivity index (χ1v) is 9.52. The van der Waals surface area contributed by atoms with Crippen LogP contribution in [0.4, 0.5) is 0 Å². The molecule has 0 radical (unpaired) electrons. The van der Waals surface area contributed by atoms with E-state index < -0.39 is 18.6 Å². The van der Waals surface area contributed by atoms with E-state index in [9.17, 15) is 9.59 Å². The van der Waals surface area contributed by atoms with Crippen molar-refractivity contribution in [2.45, 2.75) is 57.9 Å². The van der Waals surface area contributed by atoms with Gasteiger partial charge in [0.15, 0.2) is 0 Å². The van der Waals surface area contributed by atoms with Gasteiger partial charge in [-0.25, -0.2) is 4.79 Å². The average molecular weight is 379 g/mol. The van der Waals surface area contributed by atoms with Gasteiger partial charge in [-0.3, -0.25) is 4.79 Å². The van der Waals surface area contributed by atoms with E-state index in [1.807, 2.05) is 0 Å². The largest absolute Gasteiger partial charge is 0.480 e. The zero-order valence-corrected chi connectivity index (χ0v) is 16.1. The molecule has 0 aromatic rings. The van der Waals surface area contributed by atoms with Gasteiger partial charge in [-0.2, -0.15) is 12.6 Å². The summed E-state index contributed by atoms with van der Waals surface area (Å²) in [5.41, 5.74) is 0. The van der Waals surface area contributed by atoms with Gasteiger partial charge in [0.05, 0.1) is 6.61 Å². The highest BCUT2D eigenvalue weighted by Gasteiger charge is 2.18. The molecule has 0 saturated carbocycles. The fourth-order valence-electron chi connectivity index (χ4n) is 2.11. The van der Waals surface area contributed by atoms with Crippen molar-refractivity contribution >= 4 is 41.7 Å². The van der Waals surface area contributed by atoms with E-state index in [0.717, 1.165) is 12.8 Å². The molecular formula is C16H30N2O4S2. The highest BCUT2D eigenvalue weighted by Crippen LogP contribution is 2.04. The molecule has 0 fully saturated rings. The number of carboxylic acid groups (broad SMARTS) is 1. The number of thiocarbonyl (C=S) groups is 1. The van der Waals surface area contributed by atoms with Crippen LogP contribution in [0.5, 0.6) is 0 Å². The number of amides is 1. The third-order valence-electron chi connectivity index (χ3n) is 3.36. The van der Waals surface area contributed by atoms with Gasteiger partial charge >= 0.3 is 5.97 Å². The Morgan fingerprint density at radius 1 is 1.17 bits per heavy atom. The molecule has 0 aromatic heterocycles. The Balaban J connectivity index is 3.99. The van der Waals surface area contributed by atoms with Crippen LogP contribution in [-0.4, -0.2) is 53.5 Å². The number of ether oxygens (including phenoxy) is 1. The van der Waals surface area contributed by atoms with Crippen molar-refractivity contribution in [2.24, 2.45) is 0 Å². The number of carbonyl (C=O) groups is 2. The first-order chi connectivity index (χ1) is 11.5. The maximum atomic E-state index is 12.2. The number of hydrogen-bond acceptors (Lipinski definition) is 5. The highest BCUT2D eigenvalue weighted by atomic mass is 32.1. The van der Waals surface area contributed by atoms with Crippen LogP contribution < -0.4 is 10.6 Å². The molecule has 0 aliphatic carbocycles. The van der Waals surface area contributed by atoms with E-state index >= 15 is 0 Å². The second kappa shape index (κ2) is 15.7. The summed E-state index contributed by atoms with van der Waals surface area (Å²) >= 11 is 9.24. The maximum Gasteiger partial charge on any atom is 0.329 e. The topological polar surface area (TPSA) is 87.7 Å². The van der Waals surface area contributed by atoms with E-state index in [1.54, 1.807) is 0 Å². The van der Waals surface area contributed by atoms with Crippen molar-refractivity contribution in [3.8, 4) is 0 Å². The number of nitrogens with one attached hydrogen (secondary N) is 2. The molecule has 0 saturated heterocycles. The summed E-state index contributed by atoms with van der Waals surface area (Å²) in [4.78, 5) is 22.9. The summed E-state index contributed by atoms with van der Waals surface area (Å²) in [5, 5.41) is 14.3. The van der Waals surface area contributed by atoms with Gasteiger partial charge in [-0.15, -0.1) is 0 Å². The normalized spacial score (nSPS) is 11.8. The smallest absolute Gasteiger partial charge is 0.329 e. The molecule has 3 N–H and O–H groups in total. The molecule has 6 nitrogen and oxygen atoms in total. The van der Waals surface area contributed by atoms with Crippen molar-refractivity contribution in [1.29, 1.82) is 0 Å². The summed E-state index contributed by atoms with van der Waals surface area (Å²) in [7, 11) is 0. The van der Waals surface area contributed by atoms with Gasteiger partial charge in [0, 0.05) is 6.54 Å². The van der Waals surface area contributed by atoms with Gasteiger partial charge in [-0.1, -0.05) is 51.2 Å². The number of unbranched alkanes of at least 4 members (excludes halogenated alkanes) is 5. The van der Waals surface area contributed by atoms with Crippen LogP contribution >= 0.6 is 24.8 Å². The Kier molecular flexibility index (Phi) is 15.1. The standard InChI is InChI=1S/C16H30N2O4S2/c1-2-3-4-5-6-7-9-17-16(21)13(8-10-23)18-14(24)11-22-12-15(19)20/h13,23H,2-12H2,1H3,(H,17,21)(H,18,24)(H,19,20). The minimum absolute atomic E-state index is 0.0184. The number of rotatable bonds is 15. The Bertz CT molecular complexity index is 381. The maximum absolute atomic E-state index is 12.2. The molecule has 1 unspecified atom stereocenters. The van der Waals surface area contributed by atoms with Crippen LogP contribution in [0, 0.1) is 0 Å². The molecule has 0 aliphatic heterocycles. The number of carboxylic acids is 1. The van der Waals surface area contributed by atoms with Crippen molar-refractivity contribution in [3.63, 3.8) is 0 Å². The van der Waals surface area contributed by atoms with Crippen LogP contribution in [0.2, 0.25) is 0 Å². The second-order valence-corrected chi connectivity index (χ2v) is 6.52. The van der Waals surface area contributed by atoms with Crippen LogP contribution in [0.3, 0.4) is 0 Å². The Hall–Kier alpha value is -0.860. The fourth-order valence-corrected chi connectivity index (χ4v) is 2.59. The fraction of sp³-hybridized carbons (Fsp3) is 0.812. The minimum atomic E-state index is -1.05. The van der Waals surface area contributed by atoms with Crippen LogP contribution in [0.25, 0.3) is 0 Å². The predicted molar refractivity (Wildman–Crippen MR) is 103 cm³/mol. The molecule has 8 heteroatoms. The second-order valence-electron chi connectivity index (χ2n) is 5.58. The van der Waals surface area contributed by atoms with Crippen molar-refractivity contribution in [2.75, 3.05) is 25.5 Å².